The Morgan fingerprint density at radius 2 is 1.78 bits per heavy atom. The van der Waals surface area contributed by atoms with Crippen molar-refractivity contribution in [3.8, 4) is 0 Å². The van der Waals surface area contributed by atoms with Crippen LogP contribution in [-0.2, 0) is 0 Å². The van der Waals surface area contributed by atoms with E-state index >= 15 is 0 Å². The maximum atomic E-state index is 11.1. The zero-order valence-corrected chi connectivity index (χ0v) is 14.3. The summed E-state index contributed by atoms with van der Waals surface area (Å²) in [7, 11) is 3.88. The molecule has 0 spiro atoms. The van der Waals surface area contributed by atoms with Crippen LogP contribution >= 0.6 is 23.8 Å². The summed E-state index contributed by atoms with van der Waals surface area (Å²) in [5.74, 6) is -0.466. The Balaban J connectivity index is 2.10. The van der Waals surface area contributed by atoms with Gasteiger partial charge in [0.05, 0.1) is 11.4 Å². The van der Waals surface area contributed by atoms with Crippen LogP contribution in [0.5, 0.6) is 0 Å². The third kappa shape index (κ3) is 4.58. The Labute approximate surface area is 145 Å². The van der Waals surface area contributed by atoms with E-state index < -0.39 is 5.91 Å². The number of nitrogens with one attached hydrogen (secondary N) is 2. The summed E-state index contributed by atoms with van der Waals surface area (Å²) in [4.78, 5) is 13.0. The van der Waals surface area contributed by atoms with E-state index in [0.717, 1.165) is 17.1 Å². The molecule has 0 heterocycles. The Kier molecular flexibility index (Phi) is 5.41. The molecule has 2 rings (SSSR count). The standard InChI is InChI=1S/C16H17ClN4OS/c1-21(2)14-8-5-11(17)9-13(14)20-16(23)19-12-6-3-10(4-7-12)15(18)22/h3-9H,1-2H3,(H2,18,22)(H2,19,20,23). The van der Waals surface area contributed by atoms with Crippen molar-refractivity contribution in [2.24, 2.45) is 5.73 Å². The molecule has 4 N–H and O–H groups in total. The molecule has 0 saturated carbocycles. The van der Waals surface area contributed by atoms with Gasteiger partial charge in [0.15, 0.2) is 5.11 Å². The molecule has 0 aromatic heterocycles. The van der Waals surface area contributed by atoms with Crippen LogP contribution in [0, 0.1) is 0 Å². The SMILES string of the molecule is CN(C)c1ccc(Cl)cc1NC(=S)Nc1ccc(C(N)=O)cc1. The predicted octanol–water partition coefficient (Wildman–Crippen LogP) is 3.31. The molecular weight excluding hydrogens is 332 g/mol. The van der Waals surface area contributed by atoms with Gasteiger partial charge in [-0.05, 0) is 54.7 Å². The van der Waals surface area contributed by atoms with Gasteiger partial charge in [-0.1, -0.05) is 11.6 Å². The van der Waals surface area contributed by atoms with Crippen LogP contribution in [-0.4, -0.2) is 25.1 Å². The molecule has 0 unspecified atom stereocenters. The Hall–Kier alpha value is -2.31. The molecule has 0 radical (unpaired) electrons. The van der Waals surface area contributed by atoms with E-state index in [0.29, 0.717) is 15.7 Å². The molecule has 0 aliphatic carbocycles. The van der Waals surface area contributed by atoms with E-state index in [-0.39, 0.29) is 0 Å². The van der Waals surface area contributed by atoms with Gasteiger partial charge in [0.1, 0.15) is 0 Å². The van der Waals surface area contributed by atoms with Crippen molar-refractivity contribution in [1.82, 2.24) is 0 Å². The summed E-state index contributed by atoms with van der Waals surface area (Å²) in [5, 5.41) is 7.21. The normalized spacial score (nSPS) is 10.0. The average Bonchev–Trinajstić information content (AvgIpc) is 2.47. The first-order chi connectivity index (χ1) is 10.9. The van der Waals surface area contributed by atoms with Gasteiger partial charge in [0.2, 0.25) is 5.91 Å². The van der Waals surface area contributed by atoms with Crippen molar-refractivity contribution in [1.29, 1.82) is 0 Å². The van der Waals surface area contributed by atoms with Gasteiger partial charge in [-0.15, -0.1) is 0 Å². The third-order valence-corrected chi connectivity index (χ3v) is 3.56. The zero-order valence-electron chi connectivity index (χ0n) is 12.8. The van der Waals surface area contributed by atoms with Gasteiger partial charge in [-0.2, -0.15) is 0 Å². The summed E-state index contributed by atoms with van der Waals surface area (Å²) in [6, 6.07) is 12.3. The number of carbonyl (C=O) groups excluding carboxylic acids is 1. The quantitative estimate of drug-likeness (QED) is 0.739. The molecule has 0 aliphatic heterocycles. The first-order valence-electron chi connectivity index (χ1n) is 6.81. The van der Waals surface area contributed by atoms with Crippen LogP contribution in [0.4, 0.5) is 17.1 Å². The number of hydrogen-bond acceptors (Lipinski definition) is 3. The molecule has 23 heavy (non-hydrogen) atoms. The van der Waals surface area contributed by atoms with E-state index in [9.17, 15) is 4.79 Å². The van der Waals surface area contributed by atoms with Crippen LogP contribution in [0.2, 0.25) is 5.02 Å². The van der Waals surface area contributed by atoms with Crippen LogP contribution in [0.25, 0.3) is 0 Å². The van der Waals surface area contributed by atoms with Crippen molar-refractivity contribution in [2.45, 2.75) is 0 Å². The van der Waals surface area contributed by atoms with Crippen molar-refractivity contribution >= 4 is 51.9 Å². The second-order valence-electron chi connectivity index (χ2n) is 5.08. The lowest BCUT2D eigenvalue weighted by Gasteiger charge is -2.19. The number of amides is 1. The highest BCUT2D eigenvalue weighted by atomic mass is 35.5. The summed E-state index contributed by atoms with van der Waals surface area (Å²) in [6.07, 6.45) is 0. The number of halogens is 1. The molecule has 2 aromatic rings. The van der Waals surface area contributed by atoms with Crippen molar-refractivity contribution in [2.75, 3.05) is 29.6 Å². The summed E-state index contributed by atoms with van der Waals surface area (Å²) < 4.78 is 0. The number of rotatable bonds is 4. The first kappa shape index (κ1) is 17.1. The van der Waals surface area contributed by atoms with Crippen LogP contribution in [0.1, 0.15) is 10.4 Å². The lowest BCUT2D eigenvalue weighted by molar-refractivity contribution is 0.100. The number of thiocarbonyl (C=S) groups is 1. The maximum Gasteiger partial charge on any atom is 0.248 e. The molecule has 5 nitrogen and oxygen atoms in total. The average molecular weight is 349 g/mol. The van der Waals surface area contributed by atoms with Gasteiger partial charge in [0, 0.05) is 30.4 Å². The molecule has 0 aliphatic rings. The fourth-order valence-corrected chi connectivity index (χ4v) is 2.40. The lowest BCUT2D eigenvalue weighted by atomic mass is 10.2. The van der Waals surface area contributed by atoms with Gasteiger partial charge in [0.25, 0.3) is 0 Å². The van der Waals surface area contributed by atoms with E-state index in [1.165, 1.54) is 0 Å². The molecule has 2 aromatic carbocycles. The minimum absolute atomic E-state index is 0.419. The summed E-state index contributed by atoms with van der Waals surface area (Å²) >= 11 is 11.4. The fraction of sp³-hybridized carbons (Fsp3) is 0.125. The fourth-order valence-electron chi connectivity index (χ4n) is 2.00. The summed E-state index contributed by atoms with van der Waals surface area (Å²) in [6.45, 7) is 0. The van der Waals surface area contributed by atoms with Gasteiger partial charge < -0.3 is 21.3 Å². The number of carbonyl (C=O) groups is 1. The molecular formula is C16H17ClN4OS. The van der Waals surface area contributed by atoms with Gasteiger partial charge in [-0.3, -0.25) is 4.79 Å². The van der Waals surface area contributed by atoms with E-state index in [2.05, 4.69) is 10.6 Å². The number of nitrogens with zero attached hydrogens (tertiary/aromatic N) is 1. The number of primary amides is 1. The lowest BCUT2D eigenvalue weighted by Crippen LogP contribution is -2.21. The molecule has 7 heteroatoms. The van der Waals surface area contributed by atoms with E-state index in [1.807, 2.05) is 31.1 Å². The highest BCUT2D eigenvalue weighted by molar-refractivity contribution is 7.80. The molecule has 0 fully saturated rings. The Bertz CT molecular complexity index is 731. The molecule has 0 saturated heterocycles. The second-order valence-corrected chi connectivity index (χ2v) is 5.92. The van der Waals surface area contributed by atoms with Crippen LogP contribution in [0.15, 0.2) is 42.5 Å². The van der Waals surface area contributed by atoms with Gasteiger partial charge >= 0.3 is 0 Å². The number of benzene rings is 2. The van der Waals surface area contributed by atoms with Crippen molar-refractivity contribution in [3.63, 3.8) is 0 Å². The van der Waals surface area contributed by atoms with Crippen LogP contribution < -0.4 is 21.3 Å². The molecule has 120 valence electrons. The highest BCUT2D eigenvalue weighted by Gasteiger charge is 2.08. The van der Waals surface area contributed by atoms with Gasteiger partial charge in [-0.25, -0.2) is 0 Å². The van der Waals surface area contributed by atoms with Crippen molar-refractivity contribution in [3.05, 3.63) is 53.1 Å². The monoisotopic (exact) mass is 348 g/mol. The minimum Gasteiger partial charge on any atom is -0.376 e. The summed E-state index contributed by atoms with van der Waals surface area (Å²) in [5.41, 5.74) is 8.17. The van der Waals surface area contributed by atoms with E-state index in [4.69, 9.17) is 29.6 Å². The largest absolute Gasteiger partial charge is 0.376 e. The molecule has 0 bridgehead atoms. The Morgan fingerprint density at radius 3 is 2.35 bits per heavy atom. The van der Waals surface area contributed by atoms with Crippen LogP contribution in [0.3, 0.4) is 0 Å². The Morgan fingerprint density at radius 1 is 1.13 bits per heavy atom. The predicted molar refractivity (Wildman–Crippen MR) is 101 cm³/mol. The number of hydrogen-bond donors (Lipinski definition) is 3. The highest BCUT2D eigenvalue weighted by Crippen LogP contribution is 2.28. The molecule has 0 atom stereocenters. The van der Waals surface area contributed by atoms with Crippen molar-refractivity contribution < 1.29 is 4.79 Å². The minimum atomic E-state index is -0.466. The number of nitrogens with two attached hydrogens (primary N) is 1. The maximum absolute atomic E-state index is 11.1. The second kappa shape index (κ2) is 7.30. The third-order valence-electron chi connectivity index (χ3n) is 3.12. The topological polar surface area (TPSA) is 70.4 Å². The first-order valence-corrected chi connectivity index (χ1v) is 7.60. The van der Waals surface area contributed by atoms with E-state index in [1.54, 1.807) is 30.3 Å². The zero-order chi connectivity index (χ0) is 17.0. The number of anilines is 3. The molecule has 1 amide bonds. The smallest absolute Gasteiger partial charge is 0.248 e.